The van der Waals surface area contributed by atoms with Gasteiger partial charge in [-0.15, -0.1) is 0 Å². The van der Waals surface area contributed by atoms with Gasteiger partial charge in [0, 0.05) is 12.5 Å². The highest BCUT2D eigenvalue weighted by Gasteiger charge is 2.30. The molecule has 0 saturated heterocycles. The third-order valence-electron chi connectivity index (χ3n) is 7.59. The maximum absolute atomic E-state index is 9.45. The van der Waals surface area contributed by atoms with Gasteiger partial charge in [0.1, 0.15) is 6.10 Å². The molecule has 0 amide bonds. The topological polar surface area (TPSA) is 80.9 Å². The lowest BCUT2D eigenvalue weighted by Crippen LogP contribution is -2.44. The van der Waals surface area contributed by atoms with Crippen LogP contribution in [0.2, 0.25) is 0 Å². The molecule has 2 aromatic carbocycles. The van der Waals surface area contributed by atoms with Crippen molar-refractivity contribution >= 4 is 12.2 Å². The fourth-order valence-corrected chi connectivity index (χ4v) is 4.07. The van der Waals surface area contributed by atoms with Gasteiger partial charge in [0.25, 0.3) is 0 Å². The highest BCUT2D eigenvalue weighted by atomic mass is 16.4. The van der Waals surface area contributed by atoms with E-state index in [-0.39, 0.29) is 12.5 Å². The second-order valence-electron chi connectivity index (χ2n) is 12.2. The molecule has 226 valence electrons. The molecule has 4 heteroatoms. The predicted molar refractivity (Wildman–Crippen MR) is 171 cm³/mol. The molecule has 2 aliphatic carbocycles. The molecule has 4 atom stereocenters. The van der Waals surface area contributed by atoms with Crippen LogP contribution in [-0.2, 0) is 0 Å². The molecule has 0 spiro atoms. The Morgan fingerprint density at radius 1 is 0.650 bits per heavy atom. The van der Waals surface area contributed by atoms with E-state index in [1.165, 1.54) is 66.3 Å². The van der Waals surface area contributed by atoms with Crippen LogP contribution in [-0.4, -0.2) is 45.3 Å². The van der Waals surface area contributed by atoms with E-state index < -0.39 is 24.2 Å². The molecule has 4 unspecified atom stereocenters. The second-order valence-corrected chi connectivity index (χ2v) is 12.2. The van der Waals surface area contributed by atoms with Crippen molar-refractivity contribution in [2.75, 3.05) is 6.61 Å². The summed E-state index contributed by atoms with van der Waals surface area (Å²) in [6.45, 7) is 15.8. The van der Waals surface area contributed by atoms with E-state index in [2.05, 4.69) is 89.2 Å². The van der Waals surface area contributed by atoms with E-state index in [0.29, 0.717) is 0 Å². The van der Waals surface area contributed by atoms with E-state index in [0.717, 1.165) is 11.8 Å². The molecule has 2 aliphatic rings. The number of hydrogen-bond donors (Lipinski definition) is 4. The molecule has 0 radical (unpaired) electrons. The van der Waals surface area contributed by atoms with Crippen molar-refractivity contribution in [1.82, 2.24) is 0 Å². The van der Waals surface area contributed by atoms with Crippen molar-refractivity contribution < 1.29 is 20.4 Å². The second kappa shape index (κ2) is 19.2. The van der Waals surface area contributed by atoms with Crippen LogP contribution in [0.25, 0.3) is 12.2 Å². The van der Waals surface area contributed by atoms with E-state index in [1.54, 1.807) is 20.8 Å². The van der Waals surface area contributed by atoms with Crippen molar-refractivity contribution in [3.05, 3.63) is 70.3 Å². The molecule has 2 saturated carbocycles. The van der Waals surface area contributed by atoms with Crippen molar-refractivity contribution in [2.45, 2.75) is 112 Å². The van der Waals surface area contributed by atoms with Gasteiger partial charge >= 0.3 is 0 Å². The summed E-state index contributed by atoms with van der Waals surface area (Å²) in [6.07, 6.45) is 9.98. The highest BCUT2D eigenvalue weighted by Crippen LogP contribution is 2.31. The van der Waals surface area contributed by atoms with Gasteiger partial charge in [-0.25, -0.2) is 0 Å². The van der Waals surface area contributed by atoms with E-state index in [9.17, 15) is 15.3 Å². The Hall–Kier alpha value is -1.98. The monoisotopic (exact) mass is 554 g/mol. The molecule has 4 N–H and O–H groups in total. The first-order chi connectivity index (χ1) is 18.9. The molecule has 0 bridgehead atoms. The molecule has 40 heavy (non-hydrogen) atoms. The number of rotatable bonds is 9. The molecule has 0 aliphatic heterocycles. The lowest BCUT2D eigenvalue weighted by molar-refractivity contribution is -0.0979. The van der Waals surface area contributed by atoms with Gasteiger partial charge in [-0.3, -0.25) is 0 Å². The van der Waals surface area contributed by atoms with E-state index in [4.69, 9.17) is 5.11 Å². The summed E-state index contributed by atoms with van der Waals surface area (Å²) in [7, 11) is 0. The Morgan fingerprint density at radius 3 is 1.45 bits per heavy atom. The summed E-state index contributed by atoms with van der Waals surface area (Å²) in [5.74, 6) is 1.73. The molecule has 0 heterocycles. The lowest BCUT2D eigenvalue weighted by atomic mass is 9.92. The van der Waals surface area contributed by atoms with Crippen LogP contribution in [0.15, 0.2) is 42.5 Å². The first kappa shape index (κ1) is 36.0. The van der Waals surface area contributed by atoms with Crippen molar-refractivity contribution in [3.63, 3.8) is 0 Å². The average molecular weight is 555 g/mol. The predicted octanol–water partition coefficient (Wildman–Crippen LogP) is 7.75. The van der Waals surface area contributed by atoms with Crippen LogP contribution in [0.5, 0.6) is 0 Å². The SMILES string of the molecule is CC(C)C(O)C(O)C(O)C(C)CO.CCC1CC1.CCC1CC1.Cc1ccc(/C=C/c2cc(C)cc(C)c2)cc1. The van der Waals surface area contributed by atoms with Crippen molar-refractivity contribution in [3.8, 4) is 0 Å². The average Bonchev–Trinajstić information content (AvgIpc) is 3.85. The van der Waals surface area contributed by atoms with Crippen LogP contribution in [0.3, 0.4) is 0 Å². The summed E-state index contributed by atoms with van der Waals surface area (Å²) in [6, 6.07) is 15.2. The number of benzene rings is 2. The maximum atomic E-state index is 9.45. The van der Waals surface area contributed by atoms with Gasteiger partial charge in [-0.2, -0.15) is 0 Å². The zero-order valence-electron chi connectivity index (χ0n) is 26.5. The fraction of sp³-hybridized carbons (Fsp3) is 0.611. The third kappa shape index (κ3) is 15.7. The van der Waals surface area contributed by atoms with Gasteiger partial charge in [0.2, 0.25) is 0 Å². The summed E-state index contributed by atoms with van der Waals surface area (Å²) in [5.41, 5.74) is 6.44. The van der Waals surface area contributed by atoms with Crippen LogP contribution in [0, 0.1) is 44.4 Å². The Bertz CT molecular complexity index is 925. The molecule has 4 rings (SSSR count). The fourth-order valence-electron chi connectivity index (χ4n) is 4.07. The summed E-state index contributed by atoms with van der Waals surface area (Å²) >= 11 is 0. The lowest BCUT2D eigenvalue weighted by Gasteiger charge is -2.28. The van der Waals surface area contributed by atoms with Crippen LogP contribution < -0.4 is 0 Å². The number of hydrogen-bond acceptors (Lipinski definition) is 4. The molecule has 2 aromatic rings. The zero-order valence-corrected chi connectivity index (χ0v) is 26.5. The first-order valence-corrected chi connectivity index (χ1v) is 15.4. The Morgan fingerprint density at radius 2 is 1.10 bits per heavy atom. The van der Waals surface area contributed by atoms with Crippen LogP contribution in [0.4, 0.5) is 0 Å². The minimum atomic E-state index is -1.19. The van der Waals surface area contributed by atoms with Crippen LogP contribution in [0.1, 0.15) is 101 Å². The molecular weight excluding hydrogens is 496 g/mol. The largest absolute Gasteiger partial charge is 0.396 e. The van der Waals surface area contributed by atoms with Crippen molar-refractivity contribution in [1.29, 1.82) is 0 Å². The van der Waals surface area contributed by atoms with Gasteiger partial charge in [-0.05, 0) is 49.7 Å². The van der Waals surface area contributed by atoms with Gasteiger partial charge in [0.05, 0.1) is 12.2 Å². The summed E-state index contributed by atoms with van der Waals surface area (Å²) < 4.78 is 0. The number of aliphatic hydroxyl groups excluding tert-OH is 4. The van der Waals surface area contributed by atoms with Gasteiger partial charge in [-0.1, -0.05) is 144 Å². The Kier molecular flexibility index (Phi) is 17.3. The number of aliphatic hydroxyl groups is 4. The minimum absolute atomic E-state index is 0.115. The first-order valence-electron chi connectivity index (χ1n) is 15.4. The molecule has 0 aromatic heterocycles. The molecule has 4 nitrogen and oxygen atoms in total. The zero-order chi connectivity index (χ0) is 30.2. The summed E-state index contributed by atoms with van der Waals surface area (Å²) in [4.78, 5) is 0. The quantitative estimate of drug-likeness (QED) is 0.239. The highest BCUT2D eigenvalue weighted by molar-refractivity contribution is 5.70. The third-order valence-corrected chi connectivity index (χ3v) is 7.59. The number of aryl methyl sites for hydroxylation is 3. The smallest absolute Gasteiger partial charge is 0.106 e. The standard InChI is InChI=1S/C17H18.C9H20O4.2C5H10/c1-13-4-6-16(7-5-13)8-9-17-11-14(2)10-15(3)12-17;1-5(2)7(11)9(13)8(12)6(3)4-10;2*1-2-5-3-4-5/h4-12H,1-3H3;5-13H,4H2,1-3H3;2*5H,2-4H2,1H3/b9-8+;;;. The summed E-state index contributed by atoms with van der Waals surface area (Å²) in [5, 5.41) is 37.0. The van der Waals surface area contributed by atoms with Gasteiger partial charge < -0.3 is 20.4 Å². The van der Waals surface area contributed by atoms with E-state index >= 15 is 0 Å². The Balaban J connectivity index is 0.000000303. The normalized spacial score (nSPS) is 17.4. The van der Waals surface area contributed by atoms with Crippen LogP contribution >= 0.6 is 0 Å². The maximum Gasteiger partial charge on any atom is 0.106 e. The minimum Gasteiger partial charge on any atom is -0.396 e. The van der Waals surface area contributed by atoms with Crippen molar-refractivity contribution in [2.24, 2.45) is 23.7 Å². The molecule has 2 fully saturated rings. The molecular formula is C36H58O4. The van der Waals surface area contributed by atoms with Gasteiger partial charge in [0.15, 0.2) is 0 Å². The van der Waals surface area contributed by atoms with E-state index in [1.807, 2.05) is 0 Å². The Labute approximate surface area is 245 Å².